The number of hydrogen-bond acceptors (Lipinski definition) is 12. The Kier molecular flexibility index (Phi) is 23.2. The van der Waals surface area contributed by atoms with Gasteiger partial charge in [-0.3, -0.25) is 9.59 Å². The van der Waals surface area contributed by atoms with Crippen LogP contribution < -0.4 is 14.2 Å². The van der Waals surface area contributed by atoms with E-state index in [0.29, 0.717) is 99.9 Å². The maximum Gasteiger partial charge on any atom is 0.410 e. The van der Waals surface area contributed by atoms with Crippen LogP contribution in [0, 0.1) is 5.92 Å². The zero-order chi connectivity index (χ0) is 50.2. The molecule has 16 heteroatoms. The van der Waals surface area contributed by atoms with E-state index in [1.807, 2.05) is 86.3 Å². The summed E-state index contributed by atoms with van der Waals surface area (Å²) >= 11 is 0. The van der Waals surface area contributed by atoms with Gasteiger partial charge in [0, 0.05) is 102 Å². The van der Waals surface area contributed by atoms with Crippen LogP contribution in [0.5, 0.6) is 23.0 Å². The van der Waals surface area contributed by atoms with Crippen molar-refractivity contribution in [1.29, 1.82) is 0 Å². The van der Waals surface area contributed by atoms with Crippen molar-refractivity contribution in [3.05, 3.63) is 47.5 Å². The molecule has 0 spiro atoms. The molecule has 3 fully saturated rings. The van der Waals surface area contributed by atoms with Gasteiger partial charge >= 0.3 is 12.2 Å². The standard InChI is InChI=1S/C28H44N2O6.C24H38N2O6.CH4/c1-20(2)30(23-9-7-12-29(18-23)27(32)36-28(3,4)5)26(31)22-15-24(34-14-8-13-33-6)17-25(16-22)35-19-21-10-11-21;1-17(2)26(19-9-7-10-25(16-19)23(29)32-24(3,4)5)22(28)18-13-20(27)15-21(14-18)31-12-8-11-30-6;/h15-17,20-21,23H,7-14,18-19H2,1-6H3;13-15,17,19,27H,7-12,16H2,1-6H3;1H4/t23-;19-;/m11./s1. The molecule has 4 amide bonds. The molecule has 2 aromatic rings. The van der Waals surface area contributed by atoms with Crippen LogP contribution in [0.4, 0.5) is 9.59 Å². The van der Waals surface area contributed by atoms with Crippen LogP contribution in [0.15, 0.2) is 36.4 Å². The van der Waals surface area contributed by atoms with Gasteiger partial charge in [0.2, 0.25) is 0 Å². The molecule has 2 atom stereocenters. The number of nitrogens with zero attached hydrogens (tertiary/aromatic N) is 4. The Hall–Kier alpha value is -4.96. The normalized spacial score (nSPS) is 17.2. The van der Waals surface area contributed by atoms with Crippen LogP contribution in [0.1, 0.15) is 149 Å². The Morgan fingerprint density at radius 3 is 1.41 bits per heavy atom. The molecule has 0 bridgehead atoms. The number of piperidine rings is 2. The predicted molar refractivity (Wildman–Crippen MR) is 268 cm³/mol. The maximum atomic E-state index is 13.9. The number of ether oxygens (including phenoxy) is 7. The lowest BCUT2D eigenvalue weighted by atomic mass is 10.0. The summed E-state index contributed by atoms with van der Waals surface area (Å²) in [7, 11) is 3.29. The molecular formula is C53H86N4O12. The summed E-state index contributed by atoms with van der Waals surface area (Å²) in [6.07, 6.45) is 6.39. The number of phenolic OH excluding ortho intramolecular Hbond substituents is 1. The van der Waals surface area contributed by atoms with Crippen molar-refractivity contribution in [3.8, 4) is 23.0 Å². The Bertz CT molecular complexity index is 1920. The van der Waals surface area contributed by atoms with Crippen molar-refractivity contribution < 1.29 is 57.4 Å². The van der Waals surface area contributed by atoms with Gasteiger partial charge in [-0.15, -0.1) is 0 Å². The van der Waals surface area contributed by atoms with E-state index in [-0.39, 0.29) is 61.3 Å². The Labute approximate surface area is 413 Å². The second kappa shape index (κ2) is 27.4. The van der Waals surface area contributed by atoms with Gasteiger partial charge in [0.25, 0.3) is 11.8 Å². The van der Waals surface area contributed by atoms with Crippen LogP contribution >= 0.6 is 0 Å². The molecule has 0 aromatic heterocycles. The minimum atomic E-state index is -0.571. The van der Waals surface area contributed by atoms with E-state index < -0.39 is 11.2 Å². The van der Waals surface area contributed by atoms with Crippen molar-refractivity contribution in [3.63, 3.8) is 0 Å². The number of likely N-dealkylation sites (tertiary alicyclic amines) is 2. The van der Waals surface area contributed by atoms with E-state index in [0.717, 1.165) is 32.1 Å². The first-order valence-corrected chi connectivity index (χ1v) is 24.6. The average Bonchev–Trinajstić information content (AvgIpc) is 4.10. The van der Waals surface area contributed by atoms with Crippen LogP contribution in [-0.2, 0) is 18.9 Å². The zero-order valence-corrected chi connectivity index (χ0v) is 43.1. The Morgan fingerprint density at radius 1 is 0.609 bits per heavy atom. The number of amides is 4. The lowest BCUT2D eigenvalue weighted by molar-refractivity contribution is 0.00724. The van der Waals surface area contributed by atoms with Gasteiger partial charge in [-0.05, 0) is 138 Å². The SMILES string of the molecule is C.COCCCOc1cc(O)cc(C(=O)N(C(C)C)[C@@H]2CCCN(C(=O)OC(C)(C)C)C2)c1.COCCCOc1cc(OCC2CC2)cc(C(=O)N(C(C)C)[C@@H]2CCCN(C(=O)OC(C)(C)C)C2)c1. The van der Waals surface area contributed by atoms with E-state index in [2.05, 4.69) is 0 Å². The molecule has 1 saturated carbocycles. The van der Waals surface area contributed by atoms with Crippen molar-refractivity contribution in [2.75, 3.05) is 73.4 Å². The van der Waals surface area contributed by atoms with Gasteiger partial charge in [-0.2, -0.15) is 0 Å². The van der Waals surface area contributed by atoms with Crippen LogP contribution in [-0.4, -0.2) is 158 Å². The highest BCUT2D eigenvalue weighted by molar-refractivity contribution is 5.96. The average molecular weight is 971 g/mol. The molecule has 3 aliphatic rings. The smallest absolute Gasteiger partial charge is 0.410 e. The predicted octanol–water partition coefficient (Wildman–Crippen LogP) is 9.83. The second-order valence-corrected chi connectivity index (χ2v) is 20.6. The fraction of sp³-hybridized carbons (Fsp3) is 0.698. The summed E-state index contributed by atoms with van der Waals surface area (Å²) in [5.41, 5.74) is -0.236. The number of hydrogen-bond donors (Lipinski definition) is 1. The molecule has 2 saturated heterocycles. The topological polar surface area (TPSA) is 166 Å². The van der Waals surface area contributed by atoms with Gasteiger partial charge < -0.3 is 57.9 Å². The second-order valence-electron chi connectivity index (χ2n) is 20.6. The summed E-state index contributed by atoms with van der Waals surface area (Å²) < 4.78 is 38.9. The summed E-state index contributed by atoms with van der Waals surface area (Å²) in [6.45, 7) is 23.9. The zero-order valence-electron chi connectivity index (χ0n) is 43.1. The molecule has 2 heterocycles. The Balaban J connectivity index is 0.000000363. The number of carbonyl (C=O) groups excluding carboxylic acids is 4. The monoisotopic (exact) mass is 971 g/mol. The molecular weight excluding hydrogens is 885 g/mol. The first kappa shape index (κ1) is 58.4. The first-order valence-electron chi connectivity index (χ1n) is 24.6. The quantitative estimate of drug-likeness (QED) is 0.133. The van der Waals surface area contributed by atoms with Crippen LogP contribution in [0.25, 0.3) is 0 Å². The number of phenols is 1. The molecule has 2 aromatic carbocycles. The molecule has 69 heavy (non-hydrogen) atoms. The molecule has 16 nitrogen and oxygen atoms in total. The van der Waals surface area contributed by atoms with E-state index in [4.69, 9.17) is 33.2 Å². The summed E-state index contributed by atoms with van der Waals surface area (Å²) in [5, 5.41) is 10.2. The van der Waals surface area contributed by atoms with E-state index >= 15 is 0 Å². The van der Waals surface area contributed by atoms with Crippen molar-refractivity contribution in [2.45, 2.75) is 163 Å². The molecule has 2 aliphatic heterocycles. The number of methoxy groups -OCH3 is 2. The molecule has 5 rings (SSSR count). The molecule has 0 radical (unpaired) electrons. The largest absolute Gasteiger partial charge is 0.508 e. The van der Waals surface area contributed by atoms with Crippen LogP contribution in [0.2, 0.25) is 0 Å². The number of benzene rings is 2. The van der Waals surface area contributed by atoms with Crippen molar-refractivity contribution >= 4 is 24.0 Å². The summed E-state index contributed by atoms with van der Waals surface area (Å²) in [6, 6.07) is 9.71. The highest BCUT2D eigenvalue weighted by Crippen LogP contribution is 2.33. The molecule has 390 valence electrons. The van der Waals surface area contributed by atoms with E-state index in [9.17, 15) is 24.3 Å². The number of aromatic hydroxyl groups is 1. The fourth-order valence-corrected chi connectivity index (χ4v) is 8.23. The third-order valence-electron chi connectivity index (χ3n) is 11.4. The maximum absolute atomic E-state index is 13.9. The van der Waals surface area contributed by atoms with Gasteiger partial charge in [-0.1, -0.05) is 7.43 Å². The summed E-state index contributed by atoms with van der Waals surface area (Å²) in [4.78, 5) is 59.7. The van der Waals surface area contributed by atoms with E-state index in [1.165, 1.54) is 25.0 Å². The molecule has 1 N–H and O–H groups in total. The highest BCUT2D eigenvalue weighted by Gasteiger charge is 2.36. The van der Waals surface area contributed by atoms with E-state index in [1.54, 1.807) is 41.1 Å². The lowest BCUT2D eigenvalue weighted by Gasteiger charge is -2.41. The fourth-order valence-electron chi connectivity index (χ4n) is 8.23. The lowest BCUT2D eigenvalue weighted by Crippen LogP contribution is -2.54. The Morgan fingerprint density at radius 2 is 1.01 bits per heavy atom. The van der Waals surface area contributed by atoms with Crippen molar-refractivity contribution in [2.24, 2.45) is 5.92 Å². The molecule has 1 aliphatic carbocycles. The van der Waals surface area contributed by atoms with Gasteiger partial charge in [-0.25, -0.2) is 9.59 Å². The van der Waals surface area contributed by atoms with Crippen molar-refractivity contribution in [1.82, 2.24) is 19.6 Å². The van der Waals surface area contributed by atoms with Gasteiger partial charge in [0.1, 0.15) is 34.2 Å². The molecule has 0 unspecified atom stereocenters. The van der Waals surface area contributed by atoms with Gasteiger partial charge in [0.05, 0.1) is 31.9 Å². The minimum absolute atomic E-state index is 0. The third-order valence-corrected chi connectivity index (χ3v) is 11.4. The number of rotatable bonds is 19. The van der Waals surface area contributed by atoms with Crippen LogP contribution in [0.3, 0.4) is 0 Å². The summed E-state index contributed by atoms with van der Waals surface area (Å²) in [5.74, 6) is 1.99. The first-order chi connectivity index (χ1) is 32.1. The highest BCUT2D eigenvalue weighted by atomic mass is 16.6. The van der Waals surface area contributed by atoms with Gasteiger partial charge in [0.15, 0.2) is 0 Å². The number of carbonyl (C=O) groups is 4. The third kappa shape index (κ3) is 19.8. The minimum Gasteiger partial charge on any atom is -0.508 e.